The summed E-state index contributed by atoms with van der Waals surface area (Å²) in [6.45, 7) is 15.7. The molecule has 2 aliphatic heterocycles. The summed E-state index contributed by atoms with van der Waals surface area (Å²) in [5, 5.41) is 1.97. The molecule has 0 bridgehead atoms. The molecule has 3 aromatic carbocycles. The van der Waals surface area contributed by atoms with E-state index < -0.39 is 5.60 Å². The topological polar surface area (TPSA) is 73.9 Å². The number of aryl methyl sites for hydroxylation is 1. The number of fused-ring (bicyclic) bond motifs is 1. The Morgan fingerprint density at radius 1 is 1.02 bits per heavy atom. The highest BCUT2D eigenvalue weighted by Crippen LogP contribution is 2.44. The summed E-state index contributed by atoms with van der Waals surface area (Å²) in [5.41, 5.74) is 9.26. The molecule has 1 fully saturated rings. The molecule has 1 saturated heterocycles. The van der Waals surface area contributed by atoms with Crippen molar-refractivity contribution in [2.45, 2.75) is 73.3 Å². The van der Waals surface area contributed by atoms with Crippen LogP contribution in [0.15, 0.2) is 59.0 Å². The van der Waals surface area contributed by atoms with Gasteiger partial charge < -0.3 is 14.2 Å². The van der Waals surface area contributed by atoms with Gasteiger partial charge in [0.25, 0.3) is 11.1 Å². The van der Waals surface area contributed by atoms with Gasteiger partial charge in [0.15, 0.2) is 0 Å². The van der Waals surface area contributed by atoms with E-state index in [-0.39, 0.29) is 11.1 Å². The summed E-state index contributed by atoms with van der Waals surface area (Å²) in [5.74, 6) is 2.25. The molecule has 1 N–H and O–H groups in total. The fourth-order valence-corrected chi connectivity index (χ4v) is 6.29. The lowest BCUT2D eigenvalue weighted by atomic mass is 9.87. The molecule has 7 heteroatoms. The maximum Gasteiger partial charge on any atom is 0.290 e. The van der Waals surface area contributed by atoms with Crippen LogP contribution < -0.4 is 19.5 Å². The lowest BCUT2D eigenvalue weighted by Gasteiger charge is -2.38. The highest BCUT2D eigenvalue weighted by atomic mass is 32.2. The van der Waals surface area contributed by atoms with E-state index in [1.54, 1.807) is 6.08 Å². The van der Waals surface area contributed by atoms with Gasteiger partial charge in [-0.15, -0.1) is 0 Å². The summed E-state index contributed by atoms with van der Waals surface area (Å²) >= 11 is 0.914. The number of thioether (sulfide) groups is 1. The lowest BCUT2D eigenvalue weighted by Crippen LogP contribution is -2.42. The molecular weight excluding hydrogens is 570 g/mol. The quantitative estimate of drug-likeness (QED) is 0.193. The van der Waals surface area contributed by atoms with Gasteiger partial charge in [0, 0.05) is 11.1 Å². The van der Waals surface area contributed by atoms with Crippen LogP contribution >= 0.6 is 11.8 Å². The number of carbonyl (C=O) groups excluding carboxylic acids is 2. The SMILES string of the molecule is CCc1ccc(-c2cc(C=C3SC(=O)NC3=O)ccc2OCC2(C)CCc3c(C)c(OCC=C(C)C)c(C)c(C)c3O2)cc1. The number of carbonyl (C=O) groups is 2. The minimum atomic E-state index is -0.524. The van der Waals surface area contributed by atoms with Crippen molar-refractivity contribution in [3.05, 3.63) is 92.4 Å². The number of hydrogen-bond acceptors (Lipinski definition) is 6. The first-order chi connectivity index (χ1) is 21.0. The largest absolute Gasteiger partial charge is 0.489 e. The molecule has 3 aromatic rings. The average Bonchev–Trinajstić information content (AvgIpc) is 3.32. The first kappa shape index (κ1) is 31.5. The number of allylic oxidation sites excluding steroid dienone is 1. The zero-order valence-corrected chi connectivity index (χ0v) is 27.5. The lowest BCUT2D eigenvalue weighted by molar-refractivity contribution is -0.115. The van der Waals surface area contributed by atoms with Gasteiger partial charge in [-0.3, -0.25) is 14.9 Å². The van der Waals surface area contributed by atoms with Gasteiger partial charge >= 0.3 is 0 Å². The van der Waals surface area contributed by atoms with Crippen LogP contribution in [-0.4, -0.2) is 30.0 Å². The van der Waals surface area contributed by atoms with Crippen molar-refractivity contribution in [2.24, 2.45) is 0 Å². The fourth-order valence-electron chi connectivity index (χ4n) is 5.60. The normalized spacial score (nSPS) is 18.5. The minimum absolute atomic E-state index is 0.355. The standard InChI is InChI=1S/C37H41NO5S/c1-8-26-9-12-28(13-10-26)30-19-27(20-32-35(39)38-36(40)44-32)11-14-31(30)42-21-37(7)17-15-29-25(6)33(41-18-16-22(2)3)23(4)24(5)34(29)43-37/h9-14,16,19-20H,8,15,17-18,21H2,1-7H3,(H,38,39,40). The fraction of sp³-hybridized carbons (Fsp3) is 0.351. The molecule has 2 heterocycles. The first-order valence-corrected chi connectivity index (χ1v) is 16.0. The molecular formula is C37H41NO5S. The highest BCUT2D eigenvalue weighted by molar-refractivity contribution is 8.18. The molecule has 0 saturated carbocycles. The van der Waals surface area contributed by atoms with Crippen molar-refractivity contribution in [3.63, 3.8) is 0 Å². The van der Waals surface area contributed by atoms with Crippen LogP contribution in [0.5, 0.6) is 17.2 Å². The van der Waals surface area contributed by atoms with Crippen molar-refractivity contribution in [3.8, 4) is 28.4 Å². The van der Waals surface area contributed by atoms with E-state index in [4.69, 9.17) is 14.2 Å². The van der Waals surface area contributed by atoms with E-state index >= 15 is 0 Å². The maximum atomic E-state index is 12.2. The molecule has 0 spiro atoms. The van der Waals surface area contributed by atoms with Crippen LogP contribution in [-0.2, 0) is 17.6 Å². The Balaban J connectivity index is 1.41. The van der Waals surface area contributed by atoms with Crippen LogP contribution in [0.25, 0.3) is 17.2 Å². The first-order valence-electron chi connectivity index (χ1n) is 15.2. The summed E-state index contributed by atoms with van der Waals surface area (Å²) in [4.78, 5) is 24.2. The van der Waals surface area contributed by atoms with Gasteiger partial charge in [-0.05, 0) is 130 Å². The van der Waals surface area contributed by atoms with Crippen LogP contribution in [0, 0.1) is 20.8 Å². The third-order valence-electron chi connectivity index (χ3n) is 8.43. The molecule has 44 heavy (non-hydrogen) atoms. The van der Waals surface area contributed by atoms with Crippen LogP contribution in [0.2, 0.25) is 0 Å². The number of rotatable bonds is 9. The molecule has 0 radical (unpaired) electrons. The van der Waals surface area contributed by atoms with E-state index in [1.807, 2.05) is 18.2 Å². The third kappa shape index (κ3) is 6.73. The predicted octanol–water partition coefficient (Wildman–Crippen LogP) is 8.67. The van der Waals surface area contributed by atoms with Gasteiger partial charge in [-0.1, -0.05) is 42.8 Å². The average molecular weight is 612 g/mol. The second kappa shape index (κ2) is 12.9. The summed E-state index contributed by atoms with van der Waals surface area (Å²) in [6.07, 6.45) is 6.47. The molecule has 0 aliphatic carbocycles. The van der Waals surface area contributed by atoms with Crippen molar-refractivity contribution in [1.29, 1.82) is 0 Å². The second-order valence-corrected chi connectivity index (χ2v) is 13.1. The Labute approximate surface area is 264 Å². The number of hydrogen-bond donors (Lipinski definition) is 1. The molecule has 5 rings (SSSR count). The molecule has 0 aromatic heterocycles. The van der Waals surface area contributed by atoms with Crippen molar-refractivity contribution < 1.29 is 23.8 Å². The van der Waals surface area contributed by atoms with Gasteiger partial charge in [-0.2, -0.15) is 0 Å². The number of nitrogens with one attached hydrogen (secondary N) is 1. The Morgan fingerprint density at radius 2 is 1.77 bits per heavy atom. The Morgan fingerprint density at radius 3 is 2.43 bits per heavy atom. The second-order valence-electron chi connectivity index (χ2n) is 12.1. The zero-order valence-electron chi connectivity index (χ0n) is 26.7. The van der Waals surface area contributed by atoms with Crippen LogP contribution in [0.3, 0.4) is 0 Å². The number of amides is 2. The van der Waals surface area contributed by atoms with Crippen molar-refractivity contribution in [2.75, 3.05) is 13.2 Å². The van der Waals surface area contributed by atoms with Gasteiger partial charge in [0.2, 0.25) is 0 Å². The molecule has 1 unspecified atom stereocenters. The molecule has 2 aliphatic rings. The Bertz CT molecular complexity index is 1670. The van der Waals surface area contributed by atoms with Crippen molar-refractivity contribution in [1.82, 2.24) is 5.32 Å². The van der Waals surface area contributed by atoms with Crippen molar-refractivity contribution >= 4 is 29.0 Å². The van der Waals surface area contributed by atoms with Crippen LogP contribution in [0.4, 0.5) is 4.79 Å². The van der Waals surface area contributed by atoms with E-state index in [0.717, 1.165) is 81.7 Å². The summed E-state index contributed by atoms with van der Waals surface area (Å²) in [6, 6.07) is 14.3. The van der Waals surface area contributed by atoms with E-state index in [9.17, 15) is 9.59 Å². The smallest absolute Gasteiger partial charge is 0.290 e. The number of imide groups is 1. The molecule has 1 atom stereocenters. The van der Waals surface area contributed by atoms with Gasteiger partial charge in [0.05, 0.1) is 4.91 Å². The monoisotopic (exact) mass is 611 g/mol. The molecule has 230 valence electrons. The molecule has 6 nitrogen and oxygen atoms in total. The molecule has 2 amide bonds. The predicted molar refractivity (Wildman–Crippen MR) is 179 cm³/mol. The minimum Gasteiger partial charge on any atom is -0.489 e. The number of benzene rings is 3. The Hall–Kier alpha value is -3.97. The summed E-state index contributed by atoms with van der Waals surface area (Å²) < 4.78 is 19.5. The maximum absolute atomic E-state index is 12.2. The third-order valence-corrected chi connectivity index (χ3v) is 9.24. The Kier molecular flexibility index (Phi) is 9.26. The van der Waals surface area contributed by atoms with Gasteiger partial charge in [-0.25, -0.2) is 0 Å². The summed E-state index contributed by atoms with van der Waals surface area (Å²) in [7, 11) is 0. The highest BCUT2D eigenvalue weighted by Gasteiger charge is 2.36. The van der Waals surface area contributed by atoms with E-state index in [0.29, 0.717) is 18.1 Å². The van der Waals surface area contributed by atoms with Gasteiger partial charge in [0.1, 0.15) is 36.1 Å². The van der Waals surface area contributed by atoms with E-state index in [1.165, 1.54) is 16.7 Å². The van der Waals surface area contributed by atoms with E-state index in [2.05, 4.69) is 84.1 Å². The number of ether oxygens (including phenoxy) is 3. The van der Waals surface area contributed by atoms with Crippen LogP contribution in [0.1, 0.15) is 67.5 Å². The zero-order chi connectivity index (χ0) is 31.6.